The van der Waals surface area contributed by atoms with Crippen LogP contribution in [0.15, 0.2) is 17.3 Å². The third-order valence-corrected chi connectivity index (χ3v) is 4.45. The van der Waals surface area contributed by atoms with Crippen LogP contribution in [0.25, 0.3) is 5.70 Å². The number of rotatable bonds is 3. The van der Waals surface area contributed by atoms with E-state index in [9.17, 15) is 4.79 Å². The number of carbonyl (C=O) groups is 1. The smallest absolute Gasteiger partial charge is 0.227 e. The highest BCUT2D eigenvalue weighted by molar-refractivity contribution is 6.52. The van der Waals surface area contributed by atoms with Gasteiger partial charge < -0.3 is 19.7 Å². The minimum Gasteiger partial charge on any atom is -0.396 e. The molecule has 1 fully saturated rings. The lowest BCUT2D eigenvalue weighted by Gasteiger charge is -2.43. The van der Waals surface area contributed by atoms with Gasteiger partial charge in [-0.3, -0.25) is 9.79 Å². The maximum absolute atomic E-state index is 12.6. The molecule has 0 aromatic carbocycles. The van der Waals surface area contributed by atoms with Crippen molar-refractivity contribution in [2.24, 2.45) is 4.99 Å². The number of aliphatic hydroxyl groups excluding tert-OH is 1. The second-order valence-corrected chi connectivity index (χ2v) is 5.84. The number of aromatic amines is 1. The Hall–Kier alpha value is -1.92. The summed E-state index contributed by atoms with van der Waals surface area (Å²) in [6, 6.07) is 0. The number of aliphatic hydroxyl groups is 1. The van der Waals surface area contributed by atoms with Crippen LogP contribution < -0.4 is 0 Å². The Bertz CT molecular complexity index is 674. The van der Waals surface area contributed by atoms with E-state index in [0.717, 1.165) is 42.8 Å². The van der Waals surface area contributed by atoms with E-state index in [0.29, 0.717) is 24.4 Å². The van der Waals surface area contributed by atoms with E-state index in [2.05, 4.69) is 14.9 Å². The summed E-state index contributed by atoms with van der Waals surface area (Å²) in [7, 11) is 0. The van der Waals surface area contributed by atoms with Crippen LogP contribution in [0.2, 0.25) is 0 Å². The lowest BCUT2D eigenvalue weighted by molar-refractivity contribution is -0.0682. The summed E-state index contributed by atoms with van der Waals surface area (Å²) in [6.45, 7) is 2.28. The van der Waals surface area contributed by atoms with Crippen LogP contribution in [0.1, 0.15) is 34.5 Å². The van der Waals surface area contributed by atoms with Gasteiger partial charge in [0.2, 0.25) is 5.78 Å². The molecule has 2 N–H and O–H groups in total. The molecular weight excluding hydrogens is 282 g/mol. The molecule has 3 aliphatic rings. The molecule has 1 saturated heterocycles. The van der Waals surface area contributed by atoms with E-state index in [1.54, 1.807) is 0 Å². The maximum atomic E-state index is 12.6. The first-order valence-electron chi connectivity index (χ1n) is 7.80. The van der Waals surface area contributed by atoms with E-state index >= 15 is 0 Å². The Morgan fingerprint density at radius 3 is 3.27 bits per heavy atom. The van der Waals surface area contributed by atoms with Crippen molar-refractivity contribution in [2.45, 2.75) is 25.5 Å². The third-order valence-electron chi connectivity index (χ3n) is 4.45. The zero-order valence-electron chi connectivity index (χ0n) is 12.3. The zero-order valence-corrected chi connectivity index (χ0v) is 12.3. The molecule has 22 heavy (non-hydrogen) atoms. The summed E-state index contributed by atoms with van der Waals surface area (Å²) < 4.78 is 5.88. The van der Waals surface area contributed by atoms with Gasteiger partial charge in [-0.2, -0.15) is 0 Å². The van der Waals surface area contributed by atoms with Gasteiger partial charge in [0.25, 0.3) is 0 Å². The fraction of sp³-hybridized carbons (Fsp3) is 0.500. The second kappa shape index (κ2) is 5.37. The standard InChI is InChI=1S/C16H19N3O3/c20-5-1-3-17-11-8-12-14-10(9-18-15(14)16(11)21)7-13-19(12)4-2-6-22-13/h8-9,13,18,20H,1-7H2/t13-/m1/s1. The average Bonchev–Trinajstić information content (AvgIpc) is 2.96. The number of allylic oxidation sites excluding steroid dienone is 1. The van der Waals surface area contributed by atoms with Crippen LogP contribution in [-0.4, -0.2) is 59.0 Å². The summed E-state index contributed by atoms with van der Waals surface area (Å²) in [5.41, 5.74) is 4.32. The van der Waals surface area contributed by atoms with Crippen LogP contribution in [-0.2, 0) is 11.2 Å². The fourth-order valence-corrected chi connectivity index (χ4v) is 3.43. The van der Waals surface area contributed by atoms with Gasteiger partial charge >= 0.3 is 0 Å². The van der Waals surface area contributed by atoms with Crippen LogP contribution in [0, 0.1) is 0 Å². The molecule has 1 aromatic rings. The number of H-pyrrole nitrogens is 1. The van der Waals surface area contributed by atoms with Gasteiger partial charge in [-0.1, -0.05) is 0 Å². The monoisotopic (exact) mass is 301 g/mol. The highest BCUT2D eigenvalue weighted by Gasteiger charge is 2.39. The van der Waals surface area contributed by atoms with Crippen molar-refractivity contribution < 1.29 is 14.6 Å². The predicted octanol–water partition coefficient (Wildman–Crippen LogP) is 0.980. The van der Waals surface area contributed by atoms with Crippen molar-refractivity contribution in [2.75, 3.05) is 26.3 Å². The number of ether oxygens (including phenoxy) is 1. The number of nitrogens with zero attached hydrogens (tertiary/aromatic N) is 2. The fourth-order valence-electron chi connectivity index (χ4n) is 3.43. The van der Waals surface area contributed by atoms with Crippen molar-refractivity contribution in [3.63, 3.8) is 0 Å². The van der Waals surface area contributed by atoms with Gasteiger partial charge in [-0.15, -0.1) is 0 Å². The van der Waals surface area contributed by atoms with Gasteiger partial charge in [0.05, 0.1) is 18.0 Å². The molecule has 0 unspecified atom stereocenters. The highest BCUT2D eigenvalue weighted by atomic mass is 16.5. The SMILES string of the molecule is O=C1C(=NCCCO)C=C2c3c(c[nH]c31)C[C@H]1OCCCN21. The molecule has 1 aromatic heterocycles. The van der Waals surface area contributed by atoms with Gasteiger partial charge in [0, 0.05) is 37.9 Å². The number of aliphatic imine (C=N–C) groups is 1. The number of ketones is 1. The Morgan fingerprint density at radius 2 is 2.41 bits per heavy atom. The molecule has 6 heteroatoms. The van der Waals surface area contributed by atoms with Crippen molar-refractivity contribution in [3.05, 3.63) is 29.1 Å². The molecule has 0 amide bonds. The Kier molecular flexibility index (Phi) is 3.35. The molecule has 6 nitrogen and oxygen atoms in total. The molecular formula is C16H19N3O3. The quantitative estimate of drug-likeness (QED) is 0.816. The number of nitrogens with one attached hydrogen (secondary N) is 1. The molecule has 0 bridgehead atoms. The van der Waals surface area contributed by atoms with Crippen molar-refractivity contribution in [3.8, 4) is 0 Å². The topological polar surface area (TPSA) is 77.9 Å². The molecule has 2 aliphatic heterocycles. The number of hydrogen-bond acceptors (Lipinski definition) is 5. The van der Waals surface area contributed by atoms with E-state index in [1.807, 2.05) is 12.3 Å². The summed E-state index contributed by atoms with van der Waals surface area (Å²) in [5.74, 6) is -0.0562. The Balaban J connectivity index is 1.77. The van der Waals surface area contributed by atoms with Crippen LogP contribution in [0.3, 0.4) is 0 Å². The summed E-state index contributed by atoms with van der Waals surface area (Å²) in [5, 5.41) is 8.88. The lowest BCUT2D eigenvalue weighted by Crippen LogP contribution is -2.46. The molecule has 4 rings (SSSR count). The van der Waals surface area contributed by atoms with Gasteiger partial charge in [-0.25, -0.2) is 0 Å². The zero-order chi connectivity index (χ0) is 15.1. The van der Waals surface area contributed by atoms with Crippen molar-refractivity contribution in [1.82, 2.24) is 9.88 Å². The normalized spacial score (nSPS) is 25.0. The number of carbonyl (C=O) groups excluding carboxylic acids is 1. The number of fused-ring (bicyclic) bond motifs is 2. The molecule has 1 atom stereocenters. The minimum atomic E-state index is -0.0562. The molecule has 0 spiro atoms. The lowest BCUT2D eigenvalue weighted by atomic mass is 9.89. The van der Waals surface area contributed by atoms with Crippen LogP contribution in [0.5, 0.6) is 0 Å². The van der Waals surface area contributed by atoms with Crippen LogP contribution >= 0.6 is 0 Å². The van der Waals surface area contributed by atoms with Crippen molar-refractivity contribution in [1.29, 1.82) is 0 Å². The largest absolute Gasteiger partial charge is 0.396 e. The first-order chi connectivity index (χ1) is 10.8. The second-order valence-electron chi connectivity index (χ2n) is 5.84. The Morgan fingerprint density at radius 1 is 1.50 bits per heavy atom. The number of hydrogen-bond donors (Lipinski definition) is 2. The molecule has 0 saturated carbocycles. The molecule has 1 aliphatic carbocycles. The third kappa shape index (κ3) is 2.02. The van der Waals surface area contributed by atoms with Crippen LogP contribution in [0.4, 0.5) is 0 Å². The van der Waals surface area contributed by atoms with E-state index in [4.69, 9.17) is 9.84 Å². The molecule has 116 valence electrons. The first-order valence-corrected chi connectivity index (χ1v) is 7.80. The first kappa shape index (κ1) is 13.7. The highest BCUT2D eigenvalue weighted by Crippen LogP contribution is 2.39. The molecule has 0 radical (unpaired) electrons. The minimum absolute atomic E-state index is 0.0562. The van der Waals surface area contributed by atoms with E-state index < -0.39 is 0 Å². The molecule has 3 heterocycles. The van der Waals surface area contributed by atoms with Gasteiger partial charge in [-0.05, 0) is 24.5 Å². The van der Waals surface area contributed by atoms with E-state index in [1.165, 1.54) is 0 Å². The summed E-state index contributed by atoms with van der Waals surface area (Å²) in [6.07, 6.45) is 6.24. The summed E-state index contributed by atoms with van der Waals surface area (Å²) in [4.78, 5) is 22.3. The predicted molar refractivity (Wildman–Crippen MR) is 81.9 cm³/mol. The maximum Gasteiger partial charge on any atom is 0.227 e. The number of Topliss-reactive ketones (excluding diaryl/α,β-unsaturated/α-hetero) is 1. The Labute approximate surface area is 128 Å². The average molecular weight is 301 g/mol. The van der Waals surface area contributed by atoms with Gasteiger partial charge in [0.15, 0.2) is 0 Å². The van der Waals surface area contributed by atoms with Gasteiger partial charge in [0.1, 0.15) is 11.9 Å². The van der Waals surface area contributed by atoms with Crippen molar-refractivity contribution >= 4 is 17.2 Å². The summed E-state index contributed by atoms with van der Waals surface area (Å²) >= 11 is 0. The number of aromatic nitrogens is 1. The van der Waals surface area contributed by atoms with E-state index in [-0.39, 0.29) is 18.6 Å².